The molecule has 0 atom stereocenters. The molecule has 4 aliphatic rings. The Morgan fingerprint density at radius 2 is 1.18 bits per heavy atom. The molecule has 5 heteroatoms. The van der Waals surface area contributed by atoms with Crippen molar-refractivity contribution in [3.05, 3.63) is 0 Å². The van der Waals surface area contributed by atoms with E-state index in [0.717, 1.165) is 40.0 Å². The third-order valence-corrected chi connectivity index (χ3v) is 2.64. The number of rotatable bonds is 0. The third kappa shape index (κ3) is 0.855. The smallest absolute Gasteiger partial charge is 0.0916 e. The highest BCUT2D eigenvalue weighted by Gasteiger charge is 2.39. The molecule has 4 aliphatic heterocycles. The van der Waals surface area contributed by atoms with Gasteiger partial charge < -0.3 is 4.39 Å². The fourth-order valence-electron chi connectivity index (χ4n) is 2.58. The highest BCUT2D eigenvalue weighted by molar-refractivity contribution is 5.97. The standard InChI is InChI=1S/C6H12BN4/c7-11-4-8-1-9(5-11)3-10(2-8)6-11/h1-6H2. The maximum Gasteiger partial charge on any atom is 0.0916 e. The summed E-state index contributed by atoms with van der Waals surface area (Å²) in [6.07, 6.45) is 0. The van der Waals surface area contributed by atoms with Gasteiger partial charge in [0.25, 0.3) is 0 Å². The second-order valence-corrected chi connectivity index (χ2v) is 4.08. The van der Waals surface area contributed by atoms with Gasteiger partial charge in [-0.2, -0.15) is 0 Å². The molecule has 0 aromatic heterocycles. The SMILES string of the molecule is [B-][N+]12CN3CN(CN(C3)C1)C2. The largest absolute Gasteiger partial charge is 0.551 e. The van der Waals surface area contributed by atoms with Crippen LogP contribution in [0.2, 0.25) is 0 Å². The van der Waals surface area contributed by atoms with E-state index < -0.39 is 0 Å². The van der Waals surface area contributed by atoms with Crippen LogP contribution in [0.25, 0.3) is 0 Å². The summed E-state index contributed by atoms with van der Waals surface area (Å²) in [4.78, 5) is 7.20. The van der Waals surface area contributed by atoms with Crippen molar-refractivity contribution in [1.29, 1.82) is 0 Å². The van der Waals surface area contributed by atoms with E-state index in [1.165, 1.54) is 0 Å². The fraction of sp³-hybridized carbons (Fsp3) is 1.00. The van der Waals surface area contributed by atoms with Gasteiger partial charge in [0, 0.05) is 0 Å². The third-order valence-electron chi connectivity index (χ3n) is 2.64. The van der Waals surface area contributed by atoms with E-state index in [-0.39, 0.29) is 0 Å². The lowest BCUT2D eigenvalue weighted by Gasteiger charge is -2.67. The van der Waals surface area contributed by atoms with E-state index in [2.05, 4.69) is 14.7 Å². The van der Waals surface area contributed by atoms with Gasteiger partial charge in [-0.05, 0) is 0 Å². The van der Waals surface area contributed by atoms with Crippen molar-refractivity contribution in [3.8, 4) is 0 Å². The predicted molar refractivity (Wildman–Crippen MR) is 40.7 cm³/mol. The highest BCUT2D eigenvalue weighted by atomic mass is 15.7. The summed E-state index contributed by atoms with van der Waals surface area (Å²) in [6.45, 7) is 6.46. The second-order valence-electron chi connectivity index (χ2n) is 4.08. The van der Waals surface area contributed by atoms with Crippen LogP contribution in [0.15, 0.2) is 0 Å². The van der Waals surface area contributed by atoms with Crippen LogP contribution >= 0.6 is 0 Å². The minimum atomic E-state index is 0.708. The number of hydrogen-bond donors (Lipinski definition) is 0. The quantitative estimate of drug-likeness (QED) is 0.393. The van der Waals surface area contributed by atoms with Crippen LogP contribution < -0.4 is 0 Å². The van der Waals surface area contributed by atoms with E-state index in [0.29, 0.717) is 4.39 Å². The zero-order chi connectivity index (χ0) is 7.47. The molecule has 11 heavy (non-hydrogen) atoms. The Bertz CT molecular complexity index is 160. The summed E-state index contributed by atoms with van der Waals surface area (Å²) >= 11 is 0. The van der Waals surface area contributed by atoms with Crippen molar-refractivity contribution < 1.29 is 4.39 Å². The van der Waals surface area contributed by atoms with Gasteiger partial charge in [0.05, 0.1) is 40.0 Å². The van der Waals surface area contributed by atoms with Gasteiger partial charge >= 0.3 is 0 Å². The van der Waals surface area contributed by atoms with Gasteiger partial charge in [-0.25, -0.2) is 22.7 Å². The Morgan fingerprint density at radius 3 is 1.45 bits per heavy atom. The summed E-state index contributed by atoms with van der Waals surface area (Å²) in [5.41, 5.74) is 0. The molecule has 4 saturated heterocycles. The first kappa shape index (κ1) is 6.42. The Kier molecular flexibility index (Phi) is 1.05. The lowest BCUT2D eigenvalue weighted by molar-refractivity contribution is -0.883. The summed E-state index contributed by atoms with van der Waals surface area (Å²) < 4.78 is 0.708. The van der Waals surface area contributed by atoms with Crippen molar-refractivity contribution in [2.45, 2.75) is 0 Å². The van der Waals surface area contributed by atoms with Crippen LogP contribution in [-0.4, -0.2) is 67.1 Å². The minimum absolute atomic E-state index is 0.708. The molecular weight excluding hydrogens is 139 g/mol. The molecule has 4 rings (SSSR count). The first-order valence-electron chi connectivity index (χ1n) is 4.05. The molecule has 4 bridgehead atoms. The molecule has 4 heterocycles. The van der Waals surface area contributed by atoms with E-state index in [1.807, 2.05) is 0 Å². The first-order chi connectivity index (χ1) is 5.23. The Morgan fingerprint density at radius 1 is 0.818 bits per heavy atom. The topological polar surface area (TPSA) is 9.72 Å². The molecule has 0 aliphatic carbocycles. The van der Waals surface area contributed by atoms with Crippen LogP contribution in [0.1, 0.15) is 0 Å². The number of quaternary nitrogens is 1. The van der Waals surface area contributed by atoms with Gasteiger partial charge in [0.15, 0.2) is 0 Å². The lowest BCUT2D eigenvalue weighted by atomic mass is 10.2. The summed E-state index contributed by atoms with van der Waals surface area (Å²) in [5.74, 6) is 0. The van der Waals surface area contributed by atoms with Crippen molar-refractivity contribution >= 4 is 7.98 Å². The van der Waals surface area contributed by atoms with Crippen LogP contribution in [-0.2, 0) is 0 Å². The van der Waals surface area contributed by atoms with Gasteiger partial charge in [-0.15, -0.1) is 0 Å². The number of hydrogen-bond acceptors (Lipinski definition) is 3. The molecule has 3 radical (unpaired) electrons. The van der Waals surface area contributed by atoms with Crippen molar-refractivity contribution in [3.63, 3.8) is 0 Å². The average Bonchev–Trinajstić information content (AvgIpc) is 1.79. The van der Waals surface area contributed by atoms with Crippen LogP contribution in [0.4, 0.5) is 0 Å². The second kappa shape index (κ2) is 1.80. The van der Waals surface area contributed by atoms with E-state index >= 15 is 0 Å². The Hall–Kier alpha value is -0.0951. The molecule has 4 fully saturated rings. The van der Waals surface area contributed by atoms with Crippen LogP contribution in [0.5, 0.6) is 0 Å². The van der Waals surface area contributed by atoms with Crippen LogP contribution in [0, 0.1) is 0 Å². The minimum Gasteiger partial charge on any atom is -0.551 e. The Labute approximate surface area is 68.0 Å². The molecular formula is C6H12BN4. The zero-order valence-corrected chi connectivity index (χ0v) is 6.61. The summed E-state index contributed by atoms with van der Waals surface area (Å²) in [7, 11) is 6.13. The van der Waals surface area contributed by atoms with Gasteiger partial charge in [-0.3, -0.25) is 0 Å². The monoisotopic (exact) mass is 151 g/mol. The zero-order valence-electron chi connectivity index (χ0n) is 6.61. The molecule has 0 N–H and O–H groups in total. The molecule has 0 amide bonds. The molecule has 0 spiro atoms. The molecule has 4 nitrogen and oxygen atoms in total. The number of nitrogens with zero attached hydrogens (tertiary/aromatic N) is 4. The predicted octanol–water partition coefficient (Wildman–Crippen LogP) is -1.42. The van der Waals surface area contributed by atoms with E-state index in [1.54, 1.807) is 0 Å². The van der Waals surface area contributed by atoms with Gasteiger partial charge in [-0.1, -0.05) is 0 Å². The van der Waals surface area contributed by atoms with Crippen LogP contribution in [0.3, 0.4) is 0 Å². The van der Waals surface area contributed by atoms with E-state index in [9.17, 15) is 0 Å². The van der Waals surface area contributed by atoms with Gasteiger partial charge in [0.2, 0.25) is 0 Å². The lowest BCUT2D eigenvalue weighted by Crippen LogP contribution is -2.78. The average molecular weight is 151 g/mol. The molecule has 0 aromatic carbocycles. The molecule has 0 saturated carbocycles. The molecule has 0 unspecified atom stereocenters. The maximum absolute atomic E-state index is 6.13. The normalized spacial score (nSPS) is 60.3. The highest BCUT2D eigenvalue weighted by Crippen LogP contribution is 2.25. The van der Waals surface area contributed by atoms with Crippen molar-refractivity contribution in [1.82, 2.24) is 14.7 Å². The maximum atomic E-state index is 6.13. The summed E-state index contributed by atoms with van der Waals surface area (Å²) in [6, 6.07) is 0. The first-order valence-corrected chi connectivity index (χ1v) is 4.05. The van der Waals surface area contributed by atoms with E-state index in [4.69, 9.17) is 7.98 Å². The molecule has 59 valence electrons. The summed E-state index contributed by atoms with van der Waals surface area (Å²) in [5, 5.41) is 0. The fourth-order valence-corrected chi connectivity index (χ4v) is 2.58. The van der Waals surface area contributed by atoms with Crippen molar-refractivity contribution in [2.75, 3.05) is 40.0 Å². The van der Waals surface area contributed by atoms with Gasteiger partial charge in [0.1, 0.15) is 0 Å². The van der Waals surface area contributed by atoms with Crippen molar-refractivity contribution in [2.24, 2.45) is 0 Å². The Balaban J connectivity index is 1.94. The molecule has 0 aromatic rings.